The van der Waals surface area contributed by atoms with Gasteiger partial charge in [-0.1, -0.05) is 11.6 Å². The maximum Gasteiger partial charge on any atom is 0.127 e. The van der Waals surface area contributed by atoms with Gasteiger partial charge in [0, 0.05) is 50.5 Å². The number of nitrogens with one attached hydrogen (secondary N) is 1. The molecule has 4 nitrogen and oxygen atoms in total. The maximum absolute atomic E-state index is 6.21. The van der Waals surface area contributed by atoms with Crippen LogP contribution in [-0.4, -0.2) is 34.1 Å². The summed E-state index contributed by atoms with van der Waals surface area (Å²) in [4.78, 5) is 8.19. The van der Waals surface area contributed by atoms with E-state index in [1.165, 1.54) is 4.88 Å². The zero-order valence-corrected chi connectivity index (χ0v) is 12.4. The van der Waals surface area contributed by atoms with E-state index in [1.807, 2.05) is 25.5 Å². The molecule has 6 heteroatoms. The molecule has 0 amide bonds. The van der Waals surface area contributed by atoms with E-state index in [-0.39, 0.29) is 0 Å². The highest BCUT2D eigenvalue weighted by Crippen LogP contribution is 2.28. The minimum Gasteiger partial charge on any atom is -0.337 e. The Morgan fingerprint density at radius 3 is 3.16 bits per heavy atom. The van der Waals surface area contributed by atoms with Crippen molar-refractivity contribution in [1.82, 2.24) is 19.8 Å². The van der Waals surface area contributed by atoms with Crippen molar-refractivity contribution in [3.05, 3.63) is 39.6 Å². The lowest BCUT2D eigenvalue weighted by molar-refractivity contribution is 0.146. The molecule has 0 bridgehead atoms. The SMILES string of the molecule is Cn1ccnc1C1CNCCN1Cc1sccc1Cl. The number of nitrogens with zero attached hydrogens (tertiary/aromatic N) is 3. The summed E-state index contributed by atoms with van der Waals surface area (Å²) in [5.41, 5.74) is 0. The molecule has 1 fully saturated rings. The predicted molar refractivity (Wildman–Crippen MR) is 78.6 cm³/mol. The van der Waals surface area contributed by atoms with Gasteiger partial charge in [-0.2, -0.15) is 0 Å². The monoisotopic (exact) mass is 296 g/mol. The van der Waals surface area contributed by atoms with Gasteiger partial charge < -0.3 is 9.88 Å². The lowest BCUT2D eigenvalue weighted by Gasteiger charge is -2.35. The molecule has 1 unspecified atom stereocenters. The third kappa shape index (κ3) is 2.69. The van der Waals surface area contributed by atoms with Gasteiger partial charge in [0.1, 0.15) is 5.82 Å². The molecular weight excluding hydrogens is 280 g/mol. The second-order valence-electron chi connectivity index (χ2n) is 4.78. The van der Waals surface area contributed by atoms with Gasteiger partial charge in [0.25, 0.3) is 0 Å². The van der Waals surface area contributed by atoms with E-state index in [0.29, 0.717) is 6.04 Å². The molecule has 0 aromatic carbocycles. The van der Waals surface area contributed by atoms with Crippen LogP contribution in [0.25, 0.3) is 0 Å². The molecule has 3 rings (SSSR count). The second-order valence-corrected chi connectivity index (χ2v) is 6.19. The van der Waals surface area contributed by atoms with Gasteiger partial charge in [-0.15, -0.1) is 11.3 Å². The van der Waals surface area contributed by atoms with E-state index < -0.39 is 0 Å². The van der Waals surface area contributed by atoms with Crippen molar-refractivity contribution >= 4 is 22.9 Å². The predicted octanol–water partition coefficient (Wildman–Crippen LogP) is 2.28. The number of hydrogen-bond acceptors (Lipinski definition) is 4. The topological polar surface area (TPSA) is 33.1 Å². The summed E-state index contributed by atoms with van der Waals surface area (Å²) in [5, 5.41) is 6.38. The van der Waals surface area contributed by atoms with Crippen LogP contribution in [0, 0.1) is 0 Å². The van der Waals surface area contributed by atoms with Crippen LogP contribution in [0.1, 0.15) is 16.7 Å². The molecule has 0 aliphatic carbocycles. The van der Waals surface area contributed by atoms with Crippen LogP contribution in [0.2, 0.25) is 5.02 Å². The average Bonchev–Trinajstić information content (AvgIpc) is 3.00. The summed E-state index contributed by atoms with van der Waals surface area (Å²) in [7, 11) is 2.05. The van der Waals surface area contributed by atoms with Crippen molar-refractivity contribution in [2.24, 2.45) is 7.05 Å². The third-order valence-electron chi connectivity index (χ3n) is 3.55. The van der Waals surface area contributed by atoms with E-state index >= 15 is 0 Å². The zero-order chi connectivity index (χ0) is 13.2. The first kappa shape index (κ1) is 13.1. The number of thiophene rings is 1. The van der Waals surface area contributed by atoms with E-state index in [2.05, 4.69) is 25.1 Å². The molecule has 102 valence electrons. The summed E-state index contributed by atoms with van der Waals surface area (Å²) in [6.45, 7) is 3.87. The van der Waals surface area contributed by atoms with Crippen LogP contribution in [0.5, 0.6) is 0 Å². The standard InChI is InChI=1S/C13H17ClN4S/c1-17-5-4-16-13(17)11-8-15-3-6-18(11)9-12-10(14)2-7-19-12/h2,4-5,7,11,15H,3,6,8-9H2,1H3. The van der Waals surface area contributed by atoms with Gasteiger partial charge in [-0.05, 0) is 11.4 Å². The van der Waals surface area contributed by atoms with Crippen LogP contribution in [0.15, 0.2) is 23.8 Å². The summed E-state index contributed by atoms with van der Waals surface area (Å²) in [5.74, 6) is 1.11. The first-order valence-electron chi connectivity index (χ1n) is 6.39. The summed E-state index contributed by atoms with van der Waals surface area (Å²) >= 11 is 7.94. The third-order valence-corrected chi connectivity index (χ3v) is 4.92. The first-order chi connectivity index (χ1) is 9.25. The van der Waals surface area contributed by atoms with Gasteiger partial charge in [0.05, 0.1) is 11.1 Å². The van der Waals surface area contributed by atoms with Crippen LogP contribution in [0.4, 0.5) is 0 Å². The lowest BCUT2D eigenvalue weighted by Crippen LogP contribution is -2.46. The normalized spacial score (nSPS) is 20.8. The molecule has 1 aliphatic heterocycles. The maximum atomic E-state index is 6.21. The van der Waals surface area contributed by atoms with Crippen LogP contribution in [0.3, 0.4) is 0 Å². The van der Waals surface area contributed by atoms with E-state index in [0.717, 1.165) is 37.0 Å². The molecular formula is C13H17ClN4S. The Bertz CT molecular complexity index is 550. The van der Waals surface area contributed by atoms with E-state index in [9.17, 15) is 0 Å². The van der Waals surface area contributed by atoms with Crippen LogP contribution in [-0.2, 0) is 13.6 Å². The van der Waals surface area contributed by atoms with Crippen molar-refractivity contribution in [3.63, 3.8) is 0 Å². The van der Waals surface area contributed by atoms with Crippen molar-refractivity contribution in [1.29, 1.82) is 0 Å². The Morgan fingerprint density at radius 1 is 1.58 bits per heavy atom. The highest BCUT2D eigenvalue weighted by Gasteiger charge is 2.27. The molecule has 2 aromatic rings. The molecule has 1 atom stereocenters. The number of imidazole rings is 1. The minimum absolute atomic E-state index is 0.312. The van der Waals surface area contributed by atoms with E-state index in [4.69, 9.17) is 11.6 Å². The molecule has 0 radical (unpaired) electrons. The van der Waals surface area contributed by atoms with E-state index in [1.54, 1.807) is 11.3 Å². The fourth-order valence-corrected chi connectivity index (χ4v) is 3.63. The van der Waals surface area contributed by atoms with Gasteiger partial charge >= 0.3 is 0 Å². The second kappa shape index (κ2) is 5.63. The van der Waals surface area contributed by atoms with Crippen LogP contribution < -0.4 is 5.32 Å². The molecule has 3 heterocycles. The molecule has 0 saturated carbocycles. The number of aromatic nitrogens is 2. The minimum atomic E-state index is 0.312. The zero-order valence-electron chi connectivity index (χ0n) is 10.8. The van der Waals surface area contributed by atoms with Crippen LogP contribution >= 0.6 is 22.9 Å². The molecule has 1 aliphatic rings. The Morgan fingerprint density at radius 2 is 2.47 bits per heavy atom. The number of aryl methyl sites for hydroxylation is 1. The summed E-state index contributed by atoms with van der Waals surface area (Å²) in [6, 6.07) is 2.28. The lowest BCUT2D eigenvalue weighted by atomic mass is 10.1. The summed E-state index contributed by atoms with van der Waals surface area (Å²) < 4.78 is 2.10. The number of piperazine rings is 1. The largest absolute Gasteiger partial charge is 0.337 e. The van der Waals surface area contributed by atoms with Gasteiger partial charge in [0.2, 0.25) is 0 Å². The number of halogens is 1. The molecule has 2 aromatic heterocycles. The fraction of sp³-hybridized carbons (Fsp3) is 0.462. The van der Waals surface area contributed by atoms with Crippen molar-refractivity contribution in [2.75, 3.05) is 19.6 Å². The van der Waals surface area contributed by atoms with Crippen molar-refractivity contribution in [2.45, 2.75) is 12.6 Å². The Kier molecular flexibility index (Phi) is 3.88. The Balaban J connectivity index is 1.82. The van der Waals surface area contributed by atoms with Gasteiger partial charge in [0.15, 0.2) is 0 Å². The fourth-order valence-electron chi connectivity index (χ4n) is 2.51. The quantitative estimate of drug-likeness (QED) is 0.943. The summed E-state index contributed by atoms with van der Waals surface area (Å²) in [6.07, 6.45) is 3.86. The highest BCUT2D eigenvalue weighted by atomic mass is 35.5. The van der Waals surface area contributed by atoms with Gasteiger partial charge in [-0.3, -0.25) is 4.90 Å². The molecule has 0 spiro atoms. The Hall–Kier alpha value is -0.880. The Labute approximate surface area is 122 Å². The highest BCUT2D eigenvalue weighted by molar-refractivity contribution is 7.10. The average molecular weight is 297 g/mol. The molecule has 1 N–H and O–H groups in total. The molecule has 1 saturated heterocycles. The van der Waals surface area contributed by atoms with Crippen molar-refractivity contribution < 1.29 is 0 Å². The smallest absolute Gasteiger partial charge is 0.127 e. The van der Waals surface area contributed by atoms with Gasteiger partial charge in [-0.25, -0.2) is 4.98 Å². The number of hydrogen-bond donors (Lipinski definition) is 1. The first-order valence-corrected chi connectivity index (χ1v) is 7.65. The van der Waals surface area contributed by atoms with Crippen molar-refractivity contribution in [3.8, 4) is 0 Å². The number of rotatable bonds is 3. The molecule has 19 heavy (non-hydrogen) atoms.